The highest BCUT2D eigenvalue weighted by atomic mass is 16.6. The second-order valence-electron chi connectivity index (χ2n) is 6.09. The van der Waals surface area contributed by atoms with Gasteiger partial charge in [-0.2, -0.15) is 5.06 Å². The number of carbonyl (C=O) groups excluding carboxylic acids is 2. The fraction of sp³-hybridized carbons (Fsp3) is 0.100. The van der Waals surface area contributed by atoms with Crippen LogP contribution in [0.5, 0.6) is 11.5 Å². The SMILES string of the molecule is NC(=O)c1ccc2cc(C(=O)N(O)c3ccc4c(c3)OCCO4)ccc2c1. The Morgan fingerprint density at radius 2 is 1.48 bits per heavy atom. The molecule has 7 heteroatoms. The third kappa shape index (κ3) is 3.16. The minimum absolute atomic E-state index is 0.272. The first-order chi connectivity index (χ1) is 13.0. The second kappa shape index (κ2) is 6.62. The van der Waals surface area contributed by atoms with E-state index in [4.69, 9.17) is 15.2 Å². The maximum atomic E-state index is 12.7. The van der Waals surface area contributed by atoms with Crippen molar-refractivity contribution < 1.29 is 24.3 Å². The lowest BCUT2D eigenvalue weighted by atomic mass is 10.0. The fourth-order valence-electron chi connectivity index (χ4n) is 2.94. The molecule has 1 aliphatic heterocycles. The number of hydroxylamine groups is 1. The Labute approximate surface area is 154 Å². The van der Waals surface area contributed by atoms with Gasteiger partial charge >= 0.3 is 0 Å². The Hall–Kier alpha value is -3.58. The van der Waals surface area contributed by atoms with Crippen LogP contribution < -0.4 is 20.3 Å². The van der Waals surface area contributed by atoms with Crippen LogP contribution in [0, 0.1) is 0 Å². The summed E-state index contributed by atoms with van der Waals surface area (Å²) in [6.07, 6.45) is 0. The Morgan fingerprint density at radius 1 is 0.852 bits per heavy atom. The maximum Gasteiger partial charge on any atom is 0.282 e. The normalized spacial score (nSPS) is 12.6. The van der Waals surface area contributed by atoms with Crippen LogP contribution in [0.15, 0.2) is 54.6 Å². The molecule has 136 valence electrons. The highest BCUT2D eigenvalue weighted by molar-refractivity contribution is 6.07. The molecule has 3 aromatic rings. The van der Waals surface area contributed by atoms with Crippen LogP contribution in [0.2, 0.25) is 0 Å². The van der Waals surface area contributed by atoms with Crippen molar-refractivity contribution in [3.8, 4) is 11.5 Å². The van der Waals surface area contributed by atoms with Crippen LogP contribution in [-0.2, 0) is 0 Å². The standard InChI is InChI=1S/C20H16N2O5/c21-19(23)14-3-1-13-10-15(4-2-12(13)9-14)20(24)22(25)16-5-6-17-18(11-16)27-8-7-26-17/h1-6,9-11,25H,7-8H2,(H2,21,23). The molecule has 2 amide bonds. The lowest BCUT2D eigenvalue weighted by Gasteiger charge is -2.21. The summed E-state index contributed by atoms with van der Waals surface area (Å²) in [4.78, 5) is 23.9. The van der Waals surface area contributed by atoms with Gasteiger partial charge in [0, 0.05) is 17.2 Å². The van der Waals surface area contributed by atoms with Gasteiger partial charge in [0.15, 0.2) is 11.5 Å². The van der Waals surface area contributed by atoms with Crippen LogP contribution in [0.1, 0.15) is 20.7 Å². The number of anilines is 1. The molecule has 0 saturated heterocycles. The van der Waals surface area contributed by atoms with Gasteiger partial charge in [0.25, 0.3) is 5.91 Å². The number of hydrogen-bond donors (Lipinski definition) is 2. The largest absolute Gasteiger partial charge is 0.486 e. The van der Waals surface area contributed by atoms with Crippen molar-refractivity contribution >= 4 is 28.3 Å². The van der Waals surface area contributed by atoms with Crippen molar-refractivity contribution in [1.29, 1.82) is 0 Å². The summed E-state index contributed by atoms with van der Waals surface area (Å²) < 4.78 is 10.9. The smallest absolute Gasteiger partial charge is 0.282 e. The van der Waals surface area contributed by atoms with Gasteiger partial charge < -0.3 is 15.2 Å². The van der Waals surface area contributed by atoms with E-state index in [1.54, 1.807) is 54.6 Å². The van der Waals surface area contributed by atoms with Gasteiger partial charge in [-0.05, 0) is 47.2 Å². The molecule has 0 fully saturated rings. The van der Waals surface area contributed by atoms with E-state index >= 15 is 0 Å². The van der Waals surface area contributed by atoms with Crippen LogP contribution in [0.4, 0.5) is 5.69 Å². The van der Waals surface area contributed by atoms with E-state index in [2.05, 4.69) is 0 Å². The van der Waals surface area contributed by atoms with Gasteiger partial charge in [-0.3, -0.25) is 14.8 Å². The molecule has 0 spiro atoms. The highest BCUT2D eigenvalue weighted by Crippen LogP contribution is 2.34. The number of amides is 2. The monoisotopic (exact) mass is 364 g/mol. The molecule has 4 rings (SSSR count). The Morgan fingerprint density at radius 3 is 2.19 bits per heavy atom. The molecule has 1 heterocycles. The molecule has 0 radical (unpaired) electrons. The van der Waals surface area contributed by atoms with E-state index < -0.39 is 11.8 Å². The van der Waals surface area contributed by atoms with Crippen LogP contribution >= 0.6 is 0 Å². The summed E-state index contributed by atoms with van der Waals surface area (Å²) in [7, 11) is 0. The molecule has 0 bridgehead atoms. The van der Waals surface area contributed by atoms with E-state index in [0.717, 1.165) is 10.8 Å². The zero-order chi connectivity index (χ0) is 19.0. The summed E-state index contributed by atoms with van der Waals surface area (Å²) in [5, 5.41) is 12.4. The number of fused-ring (bicyclic) bond motifs is 2. The van der Waals surface area contributed by atoms with E-state index in [0.29, 0.717) is 40.9 Å². The average molecular weight is 364 g/mol. The highest BCUT2D eigenvalue weighted by Gasteiger charge is 2.19. The lowest BCUT2D eigenvalue weighted by Crippen LogP contribution is -2.27. The van der Waals surface area contributed by atoms with Crippen LogP contribution in [0.3, 0.4) is 0 Å². The van der Waals surface area contributed by atoms with Crippen molar-refractivity contribution in [1.82, 2.24) is 0 Å². The topological polar surface area (TPSA) is 102 Å². The summed E-state index contributed by atoms with van der Waals surface area (Å²) in [6.45, 7) is 0.871. The number of nitrogens with zero attached hydrogens (tertiary/aromatic N) is 1. The number of primary amides is 1. The van der Waals surface area contributed by atoms with Crippen molar-refractivity contribution in [2.24, 2.45) is 5.73 Å². The Kier molecular flexibility index (Phi) is 4.13. The van der Waals surface area contributed by atoms with Gasteiger partial charge in [-0.25, -0.2) is 0 Å². The van der Waals surface area contributed by atoms with Crippen molar-refractivity contribution in [2.75, 3.05) is 18.3 Å². The van der Waals surface area contributed by atoms with Gasteiger partial charge in [0.2, 0.25) is 5.91 Å². The Bertz CT molecular complexity index is 1060. The van der Waals surface area contributed by atoms with Crippen molar-refractivity contribution in [2.45, 2.75) is 0 Å². The zero-order valence-electron chi connectivity index (χ0n) is 14.2. The number of ether oxygens (including phenoxy) is 2. The molecule has 1 aliphatic rings. The molecular formula is C20H16N2O5. The summed E-state index contributed by atoms with van der Waals surface area (Å²) >= 11 is 0. The van der Waals surface area contributed by atoms with Crippen LogP contribution in [0.25, 0.3) is 10.8 Å². The number of nitrogens with two attached hydrogens (primary N) is 1. The minimum Gasteiger partial charge on any atom is -0.486 e. The predicted octanol–water partition coefficient (Wildman–Crippen LogP) is 2.75. The molecule has 0 saturated carbocycles. The molecule has 0 aliphatic carbocycles. The molecule has 7 nitrogen and oxygen atoms in total. The molecule has 0 aromatic heterocycles. The summed E-state index contributed by atoms with van der Waals surface area (Å²) in [6, 6.07) is 14.6. The van der Waals surface area contributed by atoms with E-state index in [1.165, 1.54) is 0 Å². The Balaban J connectivity index is 1.63. The minimum atomic E-state index is -0.590. The lowest BCUT2D eigenvalue weighted by molar-refractivity contribution is 0.0854. The zero-order valence-corrected chi connectivity index (χ0v) is 14.2. The third-order valence-corrected chi connectivity index (χ3v) is 4.33. The predicted molar refractivity (Wildman–Crippen MR) is 98.5 cm³/mol. The molecular weight excluding hydrogens is 348 g/mol. The van der Waals surface area contributed by atoms with Crippen molar-refractivity contribution in [3.63, 3.8) is 0 Å². The maximum absolute atomic E-state index is 12.7. The first-order valence-electron chi connectivity index (χ1n) is 8.29. The number of rotatable bonds is 3. The summed E-state index contributed by atoms with van der Waals surface area (Å²) in [5.74, 6) is -0.0605. The van der Waals surface area contributed by atoms with E-state index in [9.17, 15) is 14.8 Å². The molecule has 3 aromatic carbocycles. The van der Waals surface area contributed by atoms with Gasteiger partial charge in [-0.1, -0.05) is 12.1 Å². The first kappa shape index (κ1) is 16.9. The quantitative estimate of drug-likeness (QED) is 0.550. The third-order valence-electron chi connectivity index (χ3n) is 4.33. The van der Waals surface area contributed by atoms with E-state index in [-0.39, 0.29) is 5.69 Å². The summed E-state index contributed by atoms with van der Waals surface area (Å²) in [5.41, 5.74) is 6.24. The second-order valence-corrected chi connectivity index (χ2v) is 6.09. The van der Waals surface area contributed by atoms with E-state index in [1.807, 2.05) is 0 Å². The number of benzene rings is 3. The average Bonchev–Trinajstić information content (AvgIpc) is 2.71. The fourth-order valence-corrected chi connectivity index (χ4v) is 2.94. The van der Waals surface area contributed by atoms with Crippen molar-refractivity contribution in [3.05, 3.63) is 65.7 Å². The van der Waals surface area contributed by atoms with Gasteiger partial charge in [0.1, 0.15) is 13.2 Å². The molecule has 3 N–H and O–H groups in total. The van der Waals surface area contributed by atoms with Gasteiger partial charge in [0.05, 0.1) is 5.69 Å². The number of carbonyl (C=O) groups is 2. The first-order valence-corrected chi connectivity index (χ1v) is 8.29. The molecule has 0 unspecified atom stereocenters. The molecule has 27 heavy (non-hydrogen) atoms. The molecule has 0 atom stereocenters. The van der Waals surface area contributed by atoms with Crippen LogP contribution in [-0.4, -0.2) is 30.2 Å². The van der Waals surface area contributed by atoms with Gasteiger partial charge in [-0.15, -0.1) is 0 Å². The number of hydrogen-bond acceptors (Lipinski definition) is 5.